The minimum absolute atomic E-state index is 0.105. The first kappa shape index (κ1) is 12.8. The van der Waals surface area contributed by atoms with Gasteiger partial charge in [0.2, 0.25) is 0 Å². The van der Waals surface area contributed by atoms with Gasteiger partial charge in [0, 0.05) is 6.04 Å². The molecule has 0 amide bonds. The fourth-order valence-corrected chi connectivity index (χ4v) is 2.10. The molecule has 0 aromatic heterocycles. The SMILES string of the molecule is CCc1ccc(-c2cc(F)ccc2C(C)N)cc1. The van der Waals surface area contributed by atoms with Crippen LogP contribution in [0.3, 0.4) is 0 Å². The van der Waals surface area contributed by atoms with Crippen molar-refractivity contribution in [2.75, 3.05) is 0 Å². The Hall–Kier alpha value is -1.67. The van der Waals surface area contributed by atoms with E-state index in [2.05, 4.69) is 19.1 Å². The van der Waals surface area contributed by atoms with Gasteiger partial charge in [0.05, 0.1) is 0 Å². The second-order valence-electron chi connectivity index (χ2n) is 4.57. The third-order valence-corrected chi connectivity index (χ3v) is 3.18. The van der Waals surface area contributed by atoms with Crippen molar-refractivity contribution in [1.29, 1.82) is 0 Å². The van der Waals surface area contributed by atoms with Crippen molar-refractivity contribution in [3.63, 3.8) is 0 Å². The van der Waals surface area contributed by atoms with Gasteiger partial charge < -0.3 is 5.73 Å². The number of benzene rings is 2. The van der Waals surface area contributed by atoms with Crippen LogP contribution in [0.5, 0.6) is 0 Å². The first-order valence-electron chi connectivity index (χ1n) is 6.26. The minimum Gasteiger partial charge on any atom is -0.324 e. The summed E-state index contributed by atoms with van der Waals surface area (Å²) in [6.07, 6.45) is 1.00. The topological polar surface area (TPSA) is 26.0 Å². The van der Waals surface area contributed by atoms with Crippen molar-refractivity contribution >= 4 is 0 Å². The van der Waals surface area contributed by atoms with Crippen LogP contribution in [0.2, 0.25) is 0 Å². The first-order valence-corrected chi connectivity index (χ1v) is 6.26. The van der Waals surface area contributed by atoms with Crippen molar-refractivity contribution in [3.8, 4) is 11.1 Å². The Morgan fingerprint density at radius 1 is 1.11 bits per heavy atom. The summed E-state index contributed by atoms with van der Waals surface area (Å²) >= 11 is 0. The zero-order chi connectivity index (χ0) is 13.1. The van der Waals surface area contributed by atoms with E-state index < -0.39 is 0 Å². The molecule has 0 saturated heterocycles. The number of hydrogen-bond donors (Lipinski definition) is 1. The predicted molar refractivity (Wildman–Crippen MR) is 73.8 cm³/mol. The summed E-state index contributed by atoms with van der Waals surface area (Å²) in [7, 11) is 0. The molecule has 2 N–H and O–H groups in total. The molecule has 2 rings (SSSR count). The number of hydrogen-bond acceptors (Lipinski definition) is 1. The molecule has 94 valence electrons. The molecule has 1 nitrogen and oxygen atoms in total. The van der Waals surface area contributed by atoms with Gasteiger partial charge in [-0.3, -0.25) is 0 Å². The highest BCUT2D eigenvalue weighted by Crippen LogP contribution is 2.28. The molecule has 18 heavy (non-hydrogen) atoms. The van der Waals surface area contributed by atoms with Crippen LogP contribution in [0.4, 0.5) is 4.39 Å². The Kier molecular flexibility index (Phi) is 3.78. The molecule has 2 heteroatoms. The number of nitrogens with two attached hydrogens (primary N) is 1. The Morgan fingerprint density at radius 3 is 2.33 bits per heavy atom. The second kappa shape index (κ2) is 5.32. The van der Waals surface area contributed by atoms with Gasteiger partial charge in [-0.25, -0.2) is 4.39 Å². The summed E-state index contributed by atoms with van der Waals surface area (Å²) < 4.78 is 13.4. The molecule has 1 atom stereocenters. The number of aryl methyl sites for hydroxylation is 1. The van der Waals surface area contributed by atoms with E-state index >= 15 is 0 Å². The van der Waals surface area contributed by atoms with Gasteiger partial charge in [0.15, 0.2) is 0 Å². The molecule has 0 fully saturated rings. The van der Waals surface area contributed by atoms with E-state index in [4.69, 9.17) is 5.73 Å². The smallest absolute Gasteiger partial charge is 0.123 e. The largest absolute Gasteiger partial charge is 0.324 e. The summed E-state index contributed by atoms with van der Waals surface area (Å²) in [6, 6.07) is 12.9. The summed E-state index contributed by atoms with van der Waals surface area (Å²) in [5.74, 6) is -0.228. The average molecular weight is 243 g/mol. The van der Waals surface area contributed by atoms with Gasteiger partial charge in [0.25, 0.3) is 0 Å². The molecule has 0 heterocycles. The molecule has 1 unspecified atom stereocenters. The maximum atomic E-state index is 13.4. The minimum atomic E-state index is -0.228. The molecule has 2 aromatic rings. The van der Waals surface area contributed by atoms with Crippen molar-refractivity contribution in [2.45, 2.75) is 26.3 Å². The van der Waals surface area contributed by atoms with Gasteiger partial charge in [-0.15, -0.1) is 0 Å². The van der Waals surface area contributed by atoms with E-state index in [1.165, 1.54) is 11.6 Å². The molecular weight excluding hydrogens is 225 g/mol. The molecule has 0 radical (unpaired) electrons. The molecule has 0 aliphatic heterocycles. The molecular formula is C16H18FN. The van der Waals surface area contributed by atoms with Crippen LogP contribution in [0, 0.1) is 5.82 Å². The van der Waals surface area contributed by atoms with Crippen molar-refractivity contribution in [1.82, 2.24) is 0 Å². The highest BCUT2D eigenvalue weighted by Gasteiger charge is 2.09. The highest BCUT2D eigenvalue weighted by molar-refractivity contribution is 5.68. The lowest BCUT2D eigenvalue weighted by atomic mass is 9.95. The van der Waals surface area contributed by atoms with Crippen molar-refractivity contribution in [2.24, 2.45) is 5.73 Å². The maximum Gasteiger partial charge on any atom is 0.123 e. The third-order valence-electron chi connectivity index (χ3n) is 3.18. The first-order chi connectivity index (χ1) is 8.61. The van der Waals surface area contributed by atoms with E-state index in [0.717, 1.165) is 23.1 Å². The van der Waals surface area contributed by atoms with Gasteiger partial charge >= 0.3 is 0 Å². The van der Waals surface area contributed by atoms with Crippen LogP contribution in [0.1, 0.15) is 31.0 Å². The van der Waals surface area contributed by atoms with Gasteiger partial charge in [-0.2, -0.15) is 0 Å². The Balaban J connectivity index is 2.50. The fraction of sp³-hybridized carbons (Fsp3) is 0.250. The van der Waals surface area contributed by atoms with Crippen LogP contribution in [-0.4, -0.2) is 0 Å². The summed E-state index contributed by atoms with van der Waals surface area (Å²) in [5, 5.41) is 0. The quantitative estimate of drug-likeness (QED) is 0.863. The number of halogens is 1. The third kappa shape index (κ3) is 2.59. The monoisotopic (exact) mass is 243 g/mol. The van der Waals surface area contributed by atoms with Crippen LogP contribution >= 0.6 is 0 Å². The summed E-state index contributed by atoms with van der Waals surface area (Å²) in [4.78, 5) is 0. The second-order valence-corrected chi connectivity index (χ2v) is 4.57. The molecule has 0 bridgehead atoms. The van der Waals surface area contributed by atoms with E-state index in [0.29, 0.717) is 0 Å². The number of rotatable bonds is 3. The molecule has 2 aromatic carbocycles. The van der Waals surface area contributed by atoms with E-state index in [1.807, 2.05) is 19.1 Å². The van der Waals surface area contributed by atoms with E-state index in [9.17, 15) is 4.39 Å². The fourth-order valence-electron chi connectivity index (χ4n) is 2.10. The van der Waals surface area contributed by atoms with Gasteiger partial charge in [-0.05, 0) is 47.7 Å². The standard InChI is InChI=1S/C16H18FN/c1-3-12-4-6-13(7-5-12)16-10-14(17)8-9-15(16)11(2)18/h4-11H,3,18H2,1-2H3. The molecule has 0 spiro atoms. The molecule has 0 saturated carbocycles. The van der Waals surface area contributed by atoms with Crippen molar-refractivity contribution in [3.05, 3.63) is 59.4 Å². The normalized spacial score (nSPS) is 12.4. The Bertz CT molecular complexity index is 529. The Labute approximate surface area is 107 Å². The van der Waals surface area contributed by atoms with Crippen LogP contribution in [-0.2, 0) is 6.42 Å². The van der Waals surface area contributed by atoms with Crippen molar-refractivity contribution < 1.29 is 4.39 Å². The molecule has 0 aliphatic carbocycles. The lowest BCUT2D eigenvalue weighted by Gasteiger charge is -2.13. The van der Waals surface area contributed by atoms with Crippen LogP contribution in [0.15, 0.2) is 42.5 Å². The highest BCUT2D eigenvalue weighted by atomic mass is 19.1. The zero-order valence-corrected chi connectivity index (χ0v) is 10.8. The van der Waals surface area contributed by atoms with Gasteiger partial charge in [-0.1, -0.05) is 37.3 Å². The Morgan fingerprint density at radius 2 is 1.78 bits per heavy atom. The van der Waals surface area contributed by atoms with Crippen LogP contribution in [0.25, 0.3) is 11.1 Å². The van der Waals surface area contributed by atoms with Crippen LogP contribution < -0.4 is 5.73 Å². The van der Waals surface area contributed by atoms with E-state index in [1.54, 1.807) is 12.1 Å². The predicted octanol–water partition coefficient (Wildman–Crippen LogP) is 4.07. The summed E-state index contributed by atoms with van der Waals surface area (Å²) in [6.45, 7) is 4.03. The molecule has 0 aliphatic rings. The zero-order valence-electron chi connectivity index (χ0n) is 10.8. The summed E-state index contributed by atoms with van der Waals surface area (Å²) in [5.41, 5.74) is 10.1. The average Bonchev–Trinajstić information content (AvgIpc) is 2.38. The van der Waals surface area contributed by atoms with E-state index in [-0.39, 0.29) is 11.9 Å². The van der Waals surface area contributed by atoms with Gasteiger partial charge in [0.1, 0.15) is 5.82 Å². The maximum absolute atomic E-state index is 13.4. The lowest BCUT2D eigenvalue weighted by molar-refractivity contribution is 0.626. The lowest BCUT2D eigenvalue weighted by Crippen LogP contribution is -2.07.